The molecule has 2 bridgehead atoms. The molecular weight excluding hydrogens is 693 g/mol. The zero-order valence-electron chi connectivity index (χ0n) is 25.9. The number of carbonyl (C=O) groups is 3. The molecule has 1 unspecified atom stereocenters. The van der Waals surface area contributed by atoms with Gasteiger partial charge in [0.15, 0.2) is 0 Å². The highest BCUT2D eigenvalue weighted by Gasteiger charge is 2.70. The van der Waals surface area contributed by atoms with Crippen LogP contribution in [0.4, 0.5) is 16.2 Å². The van der Waals surface area contributed by atoms with Crippen LogP contribution in [0.15, 0.2) is 84.9 Å². The molecule has 0 radical (unpaired) electrons. The lowest BCUT2D eigenvalue weighted by atomic mass is 9.96. The summed E-state index contributed by atoms with van der Waals surface area (Å²) in [4.78, 5) is 36.9. The van der Waals surface area contributed by atoms with Gasteiger partial charge in [0.1, 0.15) is 36.7 Å². The number of morpholine rings is 1. The average molecular weight is 732 g/mol. The molecule has 3 aliphatic heterocycles. The third-order valence-corrected chi connectivity index (χ3v) is 9.87. The number of aryl methyl sites for hydroxylation is 1. The number of quaternary nitrogens is 1. The molecule has 0 aliphatic carbocycles. The number of piperidine rings is 1. The molecule has 3 aliphatic rings. The van der Waals surface area contributed by atoms with Gasteiger partial charge in [-0.2, -0.15) is 0 Å². The first-order valence-electron chi connectivity index (χ1n) is 15.7. The van der Waals surface area contributed by atoms with Crippen molar-refractivity contribution in [2.45, 2.75) is 62.5 Å². The number of carbonyl (C=O) groups excluding carboxylic acids is 3. The second-order valence-electron chi connectivity index (χ2n) is 13.0. The van der Waals surface area contributed by atoms with E-state index in [1.807, 2.05) is 72.8 Å². The number of rotatable bonds is 9. The number of nitrogens with zero attached hydrogens (tertiary/aromatic N) is 1. The third kappa shape index (κ3) is 6.54. The maximum atomic E-state index is 13.1. The van der Waals surface area contributed by atoms with Crippen LogP contribution < -0.4 is 34.6 Å². The highest BCUT2D eigenvalue weighted by atomic mass is 127. The largest absolute Gasteiger partial charge is 1.00 e. The van der Waals surface area contributed by atoms with Crippen LogP contribution in [-0.4, -0.2) is 67.3 Å². The van der Waals surface area contributed by atoms with Crippen LogP contribution in [0.5, 0.6) is 0 Å². The van der Waals surface area contributed by atoms with Crippen molar-refractivity contribution in [1.82, 2.24) is 0 Å². The molecule has 7 rings (SSSR count). The van der Waals surface area contributed by atoms with Gasteiger partial charge in [-0.15, -0.1) is 0 Å². The van der Waals surface area contributed by atoms with E-state index in [0.717, 1.165) is 56.8 Å². The van der Waals surface area contributed by atoms with Crippen molar-refractivity contribution in [3.63, 3.8) is 0 Å². The summed E-state index contributed by atoms with van der Waals surface area (Å²) in [5.41, 5.74) is 5.05. The van der Waals surface area contributed by atoms with E-state index in [1.165, 1.54) is 0 Å². The molecule has 4 aromatic rings. The number of nitrogens with one attached hydrogen (secondary N) is 2. The van der Waals surface area contributed by atoms with E-state index in [-0.39, 0.29) is 36.0 Å². The molecule has 2 amide bonds. The zero-order chi connectivity index (χ0) is 31.1. The van der Waals surface area contributed by atoms with Crippen molar-refractivity contribution in [2.75, 3.05) is 24.7 Å². The second kappa shape index (κ2) is 13.1. The van der Waals surface area contributed by atoms with Crippen molar-refractivity contribution in [1.29, 1.82) is 0 Å². The highest BCUT2D eigenvalue weighted by Crippen LogP contribution is 2.51. The summed E-state index contributed by atoms with van der Waals surface area (Å²) < 4.78 is 12.8. The molecule has 238 valence electrons. The molecule has 9 heteroatoms. The van der Waals surface area contributed by atoms with Gasteiger partial charge in [-0.05, 0) is 65.1 Å². The minimum atomic E-state index is -0.430. The van der Waals surface area contributed by atoms with Crippen molar-refractivity contribution in [3.8, 4) is 11.1 Å². The number of ether oxygens (including phenoxy) is 2. The number of epoxide rings is 1. The maximum Gasteiger partial charge on any atom is 0.411 e. The number of benzene rings is 4. The minimum absolute atomic E-state index is 0. The Morgan fingerprint density at radius 3 is 2.35 bits per heavy atom. The van der Waals surface area contributed by atoms with Crippen LogP contribution in [0.2, 0.25) is 0 Å². The molecule has 0 aromatic heterocycles. The number of amides is 2. The Labute approximate surface area is 286 Å². The number of halogens is 1. The molecule has 2 N–H and O–H groups in total. The fourth-order valence-electron chi connectivity index (χ4n) is 7.40. The van der Waals surface area contributed by atoms with Gasteiger partial charge in [-0.1, -0.05) is 54.6 Å². The van der Waals surface area contributed by atoms with E-state index >= 15 is 0 Å². The predicted octanol–water partition coefficient (Wildman–Crippen LogP) is 3.59. The molecule has 0 saturated carbocycles. The summed E-state index contributed by atoms with van der Waals surface area (Å²) in [7, 11) is 4.53. The lowest BCUT2D eigenvalue weighted by molar-refractivity contribution is -0.938. The van der Waals surface area contributed by atoms with Crippen LogP contribution >= 0.6 is 0 Å². The van der Waals surface area contributed by atoms with E-state index in [4.69, 9.17) is 9.47 Å². The SMILES string of the molecule is C[N+]1(C)[C@@H]2CC(OC(=O)Nc3ccc(CCCC(=O)Nc4ccc5cc(C=O)ccc5c4)cc3-c3ccccc3)C[C@H]1[C@@H]1O[C@@H]12.[I-]. The standard InChI is InChI=1S/C37H37N3O5.HI/c1-40(2)32-20-29(21-33(40)36-35(32)45-36)44-37(43)39-31-16-12-23(18-30(31)25-8-4-3-5-9-25)7-6-10-34(42)38-28-15-14-26-17-24(22-41)11-13-27(26)19-28;/h3-5,8-9,11-19,22,29,32-33,35-36H,6-7,10,20-21H2,1-2H3,(H-,38,39,41,42,43);1H/t29?,32-,33+,35-,36+;. The summed E-state index contributed by atoms with van der Waals surface area (Å²) >= 11 is 0. The fraction of sp³-hybridized carbons (Fsp3) is 0.324. The van der Waals surface area contributed by atoms with E-state index in [9.17, 15) is 14.4 Å². The zero-order valence-corrected chi connectivity index (χ0v) is 28.1. The summed E-state index contributed by atoms with van der Waals surface area (Å²) in [5.74, 6) is -0.0506. The molecule has 3 saturated heterocycles. The number of aldehydes is 1. The quantitative estimate of drug-likeness (QED) is 0.119. The van der Waals surface area contributed by atoms with Crippen molar-refractivity contribution in [3.05, 3.63) is 96.1 Å². The Morgan fingerprint density at radius 2 is 1.61 bits per heavy atom. The van der Waals surface area contributed by atoms with Crippen LogP contribution in [0.3, 0.4) is 0 Å². The van der Waals surface area contributed by atoms with E-state index in [0.29, 0.717) is 54.8 Å². The van der Waals surface area contributed by atoms with Crippen LogP contribution in [0, 0.1) is 0 Å². The second-order valence-corrected chi connectivity index (χ2v) is 13.0. The summed E-state index contributed by atoms with van der Waals surface area (Å²) in [6, 6.07) is 27.9. The number of hydrogen-bond donors (Lipinski definition) is 2. The van der Waals surface area contributed by atoms with Gasteiger partial charge in [0, 0.05) is 36.1 Å². The van der Waals surface area contributed by atoms with Gasteiger partial charge in [-0.25, -0.2) is 4.79 Å². The van der Waals surface area contributed by atoms with Gasteiger partial charge in [0.05, 0.1) is 19.8 Å². The topological polar surface area (TPSA) is 97.0 Å². The Balaban J connectivity index is 0.00000372. The van der Waals surface area contributed by atoms with Gasteiger partial charge >= 0.3 is 6.09 Å². The normalized spacial score (nSPS) is 23.5. The van der Waals surface area contributed by atoms with Crippen molar-refractivity contribution >= 4 is 40.4 Å². The molecule has 0 spiro atoms. The van der Waals surface area contributed by atoms with Crippen LogP contribution in [0.1, 0.15) is 41.6 Å². The first-order valence-corrected chi connectivity index (χ1v) is 15.7. The summed E-state index contributed by atoms with van der Waals surface area (Å²) in [6.07, 6.45) is 4.31. The number of fused-ring (bicyclic) bond motifs is 6. The van der Waals surface area contributed by atoms with Crippen molar-refractivity contribution < 1.29 is 52.3 Å². The predicted molar refractivity (Wildman–Crippen MR) is 174 cm³/mol. The van der Waals surface area contributed by atoms with Gasteiger partial charge in [-0.3, -0.25) is 14.9 Å². The van der Waals surface area contributed by atoms with E-state index < -0.39 is 6.09 Å². The summed E-state index contributed by atoms with van der Waals surface area (Å²) in [6.45, 7) is 0. The summed E-state index contributed by atoms with van der Waals surface area (Å²) in [5, 5.41) is 7.92. The molecule has 8 nitrogen and oxygen atoms in total. The Bertz CT molecular complexity index is 1760. The van der Waals surface area contributed by atoms with Gasteiger partial charge < -0.3 is 43.3 Å². The van der Waals surface area contributed by atoms with E-state index in [1.54, 1.807) is 6.07 Å². The fourth-order valence-corrected chi connectivity index (χ4v) is 7.40. The van der Waals surface area contributed by atoms with Gasteiger partial charge in [0.2, 0.25) is 5.91 Å². The average Bonchev–Trinajstić information content (AvgIpc) is 3.81. The van der Waals surface area contributed by atoms with Gasteiger partial charge in [0.25, 0.3) is 0 Å². The molecule has 3 fully saturated rings. The third-order valence-electron chi connectivity index (χ3n) is 9.87. The molecule has 3 heterocycles. The van der Waals surface area contributed by atoms with Crippen LogP contribution in [0.25, 0.3) is 21.9 Å². The molecule has 46 heavy (non-hydrogen) atoms. The number of likely N-dealkylation sites (N-methyl/N-ethyl adjacent to an activating group) is 1. The number of anilines is 2. The molecule has 5 atom stereocenters. The van der Waals surface area contributed by atoms with Crippen molar-refractivity contribution in [2.24, 2.45) is 0 Å². The Hall–Kier alpha value is -3.80. The minimum Gasteiger partial charge on any atom is -1.00 e. The highest BCUT2D eigenvalue weighted by molar-refractivity contribution is 5.96. The maximum absolute atomic E-state index is 13.1. The first kappa shape index (κ1) is 32.2. The van der Waals surface area contributed by atoms with E-state index in [2.05, 4.69) is 30.8 Å². The Kier molecular flexibility index (Phi) is 9.18. The lowest BCUT2D eigenvalue weighted by Gasteiger charge is -2.45. The monoisotopic (exact) mass is 731 g/mol. The smallest absolute Gasteiger partial charge is 0.411 e. The number of hydrogen-bond acceptors (Lipinski definition) is 5. The first-order chi connectivity index (χ1) is 21.8. The van der Waals surface area contributed by atoms with Crippen LogP contribution in [-0.2, 0) is 20.7 Å². The molecule has 4 aromatic carbocycles. The Morgan fingerprint density at radius 1 is 0.891 bits per heavy atom. The molecular formula is C37H38IN3O5. The lowest BCUT2D eigenvalue weighted by Crippen LogP contribution is -3.00.